The van der Waals surface area contributed by atoms with E-state index < -0.39 is 0 Å². The maximum absolute atomic E-state index is 11.5. The van der Waals surface area contributed by atoms with Gasteiger partial charge in [-0.25, -0.2) is 0 Å². The van der Waals surface area contributed by atoms with Crippen molar-refractivity contribution >= 4 is 0 Å². The van der Waals surface area contributed by atoms with Crippen LogP contribution in [-0.2, 0) is 6.42 Å². The smallest absolute Gasteiger partial charge is 0.248 e. The summed E-state index contributed by atoms with van der Waals surface area (Å²) in [6, 6.07) is 5.53. The van der Waals surface area contributed by atoms with Gasteiger partial charge in [-0.2, -0.15) is 0 Å². The molecule has 1 aromatic rings. The number of hydrogen-bond acceptors (Lipinski definition) is 3. The van der Waals surface area contributed by atoms with Crippen molar-refractivity contribution in [2.24, 2.45) is 0 Å². The largest absolute Gasteiger partial charge is 0.326 e. The second-order valence-corrected chi connectivity index (χ2v) is 6.51. The fraction of sp³-hybridized carbons (Fsp3) is 0.688. The van der Waals surface area contributed by atoms with Crippen molar-refractivity contribution < 1.29 is 0 Å². The topological polar surface area (TPSA) is 48.1 Å². The highest BCUT2D eigenvalue weighted by molar-refractivity contribution is 5.26. The summed E-state index contributed by atoms with van der Waals surface area (Å²) in [5.74, 6) is 0. The summed E-state index contributed by atoms with van der Waals surface area (Å²) in [6.07, 6.45) is 7.37. The Labute approximate surface area is 119 Å². The van der Waals surface area contributed by atoms with Crippen molar-refractivity contribution in [1.29, 1.82) is 0 Å². The van der Waals surface area contributed by atoms with E-state index >= 15 is 0 Å². The molecule has 2 saturated heterocycles. The summed E-state index contributed by atoms with van der Waals surface area (Å²) < 4.78 is 0. The van der Waals surface area contributed by atoms with Gasteiger partial charge in [-0.1, -0.05) is 6.07 Å². The molecule has 2 aliphatic heterocycles. The van der Waals surface area contributed by atoms with Gasteiger partial charge in [0, 0.05) is 36.4 Å². The molecule has 2 fully saturated rings. The summed E-state index contributed by atoms with van der Waals surface area (Å²) >= 11 is 0. The van der Waals surface area contributed by atoms with Crippen molar-refractivity contribution in [2.75, 3.05) is 13.1 Å². The lowest BCUT2D eigenvalue weighted by Crippen LogP contribution is -2.42. The van der Waals surface area contributed by atoms with Crippen molar-refractivity contribution in [1.82, 2.24) is 15.2 Å². The fourth-order valence-corrected chi connectivity index (χ4v) is 4.41. The van der Waals surface area contributed by atoms with Crippen LogP contribution in [0.2, 0.25) is 0 Å². The normalized spacial score (nSPS) is 33.1. The first-order valence-electron chi connectivity index (χ1n) is 8.03. The Morgan fingerprint density at radius 3 is 3.05 bits per heavy atom. The van der Waals surface area contributed by atoms with E-state index in [0.717, 1.165) is 18.2 Å². The van der Waals surface area contributed by atoms with Crippen LogP contribution in [0.5, 0.6) is 0 Å². The predicted octanol–water partition coefficient (Wildman–Crippen LogP) is 1.58. The van der Waals surface area contributed by atoms with Gasteiger partial charge in [0.15, 0.2) is 0 Å². The molecule has 4 nitrogen and oxygen atoms in total. The highest BCUT2D eigenvalue weighted by Crippen LogP contribution is 2.33. The number of rotatable bonds is 2. The number of H-pyrrole nitrogens is 1. The number of pyridine rings is 1. The minimum atomic E-state index is 0.0345. The zero-order chi connectivity index (χ0) is 13.5. The Bertz CT molecular complexity index is 553. The SMILES string of the molecule is O=c1ccc2c([nH]1)CCCC2NC1CCN2CCCC12. The zero-order valence-corrected chi connectivity index (χ0v) is 11.9. The molecule has 0 radical (unpaired) electrons. The van der Waals surface area contributed by atoms with Gasteiger partial charge in [-0.3, -0.25) is 9.69 Å². The zero-order valence-electron chi connectivity index (χ0n) is 11.9. The van der Waals surface area contributed by atoms with Crippen LogP contribution in [0.3, 0.4) is 0 Å². The van der Waals surface area contributed by atoms with Crippen LogP contribution in [0.25, 0.3) is 0 Å². The first-order chi connectivity index (χ1) is 9.81. The van der Waals surface area contributed by atoms with Crippen LogP contribution in [0.4, 0.5) is 0 Å². The summed E-state index contributed by atoms with van der Waals surface area (Å²) in [6.45, 7) is 2.55. The highest BCUT2D eigenvalue weighted by Gasteiger charge is 2.38. The molecule has 1 aliphatic carbocycles. The number of nitrogens with one attached hydrogen (secondary N) is 2. The van der Waals surface area contributed by atoms with Gasteiger partial charge in [0.1, 0.15) is 0 Å². The monoisotopic (exact) mass is 273 g/mol. The maximum Gasteiger partial charge on any atom is 0.248 e. The Morgan fingerprint density at radius 2 is 2.10 bits per heavy atom. The average molecular weight is 273 g/mol. The van der Waals surface area contributed by atoms with Crippen LogP contribution in [0.1, 0.15) is 49.4 Å². The summed E-state index contributed by atoms with van der Waals surface area (Å²) in [4.78, 5) is 17.1. The van der Waals surface area contributed by atoms with Gasteiger partial charge in [0.2, 0.25) is 5.56 Å². The van der Waals surface area contributed by atoms with Crippen molar-refractivity contribution in [2.45, 2.75) is 56.7 Å². The molecule has 1 aromatic heterocycles. The number of aryl methyl sites for hydroxylation is 1. The maximum atomic E-state index is 11.5. The Hall–Kier alpha value is -1.13. The van der Waals surface area contributed by atoms with E-state index in [1.807, 2.05) is 6.07 Å². The number of aromatic amines is 1. The molecule has 0 spiro atoms. The molecule has 2 N–H and O–H groups in total. The van der Waals surface area contributed by atoms with Crippen LogP contribution in [0.15, 0.2) is 16.9 Å². The average Bonchev–Trinajstić information content (AvgIpc) is 3.03. The molecule has 0 amide bonds. The minimum Gasteiger partial charge on any atom is -0.326 e. The second-order valence-electron chi connectivity index (χ2n) is 6.51. The Kier molecular flexibility index (Phi) is 3.15. The molecule has 0 saturated carbocycles. The van der Waals surface area contributed by atoms with Crippen LogP contribution in [-0.4, -0.2) is 35.1 Å². The molecule has 3 heterocycles. The van der Waals surface area contributed by atoms with Crippen LogP contribution >= 0.6 is 0 Å². The molecule has 20 heavy (non-hydrogen) atoms. The van der Waals surface area contributed by atoms with E-state index in [4.69, 9.17) is 0 Å². The quantitative estimate of drug-likeness (QED) is 0.860. The number of nitrogens with zero attached hydrogens (tertiary/aromatic N) is 1. The lowest BCUT2D eigenvalue weighted by atomic mass is 9.90. The predicted molar refractivity (Wildman–Crippen MR) is 78.9 cm³/mol. The van der Waals surface area contributed by atoms with Crippen LogP contribution in [0, 0.1) is 0 Å². The van der Waals surface area contributed by atoms with E-state index in [0.29, 0.717) is 12.1 Å². The van der Waals surface area contributed by atoms with E-state index in [1.165, 1.54) is 50.8 Å². The van der Waals surface area contributed by atoms with Gasteiger partial charge in [0.05, 0.1) is 0 Å². The van der Waals surface area contributed by atoms with Gasteiger partial charge in [0.25, 0.3) is 0 Å². The van der Waals surface area contributed by atoms with E-state index in [1.54, 1.807) is 6.07 Å². The van der Waals surface area contributed by atoms with E-state index in [2.05, 4.69) is 15.2 Å². The fourth-order valence-electron chi connectivity index (χ4n) is 4.41. The molecule has 0 bridgehead atoms. The molecule has 3 atom stereocenters. The second kappa shape index (κ2) is 5.01. The minimum absolute atomic E-state index is 0.0345. The van der Waals surface area contributed by atoms with Gasteiger partial charge in [-0.05, 0) is 50.6 Å². The van der Waals surface area contributed by atoms with Crippen LogP contribution < -0.4 is 10.9 Å². The summed E-state index contributed by atoms with van der Waals surface area (Å²) in [5, 5.41) is 3.90. The standard InChI is InChI=1S/C16H23N3O/c20-16-7-6-11-12(3-1-4-13(11)18-16)17-14-8-10-19-9-2-5-15(14)19/h6-7,12,14-15,17H,1-5,8-10H2,(H,18,20). The number of hydrogen-bond donors (Lipinski definition) is 2. The molecule has 4 heteroatoms. The molecule has 3 unspecified atom stereocenters. The van der Waals surface area contributed by atoms with Crippen molar-refractivity contribution in [3.05, 3.63) is 33.7 Å². The first kappa shape index (κ1) is 12.6. The number of fused-ring (bicyclic) bond motifs is 2. The van der Waals surface area contributed by atoms with E-state index in [9.17, 15) is 4.79 Å². The third-order valence-corrected chi connectivity index (χ3v) is 5.35. The van der Waals surface area contributed by atoms with Gasteiger partial charge in [-0.15, -0.1) is 0 Å². The molecule has 4 rings (SSSR count). The third kappa shape index (κ3) is 2.11. The summed E-state index contributed by atoms with van der Waals surface area (Å²) in [5.41, 5.74) is 2.52. The summed E-state index contributed by atoms with van der Waals surface area (Å²) in [7, 11) is 0. The van der Waals surface area contributed by atoms with Crippen molar-refractivity contribution in [3.63, 3.8) is 0 Å². The Morgan fingerprint density at radius 1 is 1.15 bits per heavy atom. The molecule has 3 aliphatic rings. The Balaban J connectivity index is 1.54. The lowest BCUT2D eigenvalue weighted by Gasteiger charge is -2.31. The molecular formula is C16H23N3O. The molecule has 108 valence electrons. The van der Waals surface area contributed by atoms with Crippen molar-refractivity contribution in [3.8, 4) is 0 Å². The molecular weight excluding hydrogens is 250 g/mol. The third-order valence-electron chi connectivity index (χ3n) is 5.35. The first-order valence-corrected chi connectivity index (χ1v) is 8.03. The van der Waals surface area contributed by atoms with E-state index in [-0.39, 0.29) is 5.56 Å². The van der Waals surface area contributed by atoms with Gasteiger partial charge >= 0.3 is 0 Å². The lowest BCUT2D eigenvalue weighted by molar-refractivity contribution is 0.282. The van der Waals surface area contributed by atoms with Gasteiger partial charge < -0.3 is 10.3 Å². The molecule has 0 aromatic carbocycles. The number of aromatic nitrogens is 1. The highest BCUT2D eigenvalue weighted by atomic mass is 16.1.